The third kappa shape index (κ3) is 3.32. The van der Waals surface area contributed by atoms with Gasteiger partial charge in [0.2, 0.25) is 0 Å². The highest BCUT2D eigenvalue weighted by Gasteiger charge is 2.24. The molecule has 61 valence electrons. The minimum atomic E-state index is -0.176. The van der Waals surface area contributed by atoms with Crippen molar-refractivity contribution in [1.29, 1.82) is 0 Å². The highest BCUT2D eigenvalue weighted by atomic mass is 29.9. The van der Waals surface area contributed by atoms with Gasteiger partial charge in [-0.25, -0.2) is 0 Å². The van der Waals surface area contributed by atoms with Gasteiger partial charge in [-0.3, -0.25) is 0 Å². The average molecular weight is 206 g/mol. The highest BCUT2D eigenvalue weighted by Crippen LogP contribution is 2.01. The Morgan fingerprint density at radius 3 is 0.800 bits per heavy atom. The molecule has 4 heteroatoms. The summed E-state index contributed by atoms with van der Waals surface area (Å²) in [6, 6.07) is 0. The Morgan fingerprint density at radius 2 is 0.800 bits per heavy atom. The average Bonchev–Trinajstić information content (AvgIpc) is 1.59. The van der Waals surface area contributed by atoms with E-state index in [-0.39, 0.29) is 24.9 Å². The Kier molecular flexibility index (Phi) is 5.09. The lowest BCUT2D eigenvalue weighted by Crippen LogP contribution is -2.52. The molecule has 0 aliphatic heterocycles. The maximum absolute atomic E-state index is 2.58. The van der Waals surface area contributed by atoms with Crippen LogP contribution in [0.1, 0.15) is 0 Å². The zero-order valence-corrected chi connectivity index (χ0v) is 12.7. The van der Waals surface area contributed by atoms with Gasteiger partial charge in [0.25, 0.3) is 0 Å². The Morgan fingerprint density at radius 1 is 0.600 bits per heavy atom. The Balaban J connectivity index is 3.98. The van der Waals surface area contributed by atoms with Gasteiger partial charge in [0.15, 0.2) is 0 Å². The van der Waals surface area contributed by atoms with Crippen LogP contribution in [0.5, 0.6) is 0 Å². The molecule has 0 atom stereocenters. The molecule has 0 N–H and O–H groups in total. The molecule has 0 spiro atoms. The van der Waals surface area contributed by atoms with Gasteiger partial charge in [-0.1, -0.05) is 39.3 Å². The van der Waals surface area contributed by atoms with Gasteiger partial charge in [0.1, 0.15) is 0 Å². The van der Waals surface area contributed by atoms with Crippen LogP contribution in [0.4, 0.5) is 0 Å². The van der Waals surface area contributed by atoms with Gasteiger partial charge in [0.05, 0.1) is 0 Å². The zero-order chi connectivity index (χ0) is 8.31. The number of rotatable bonds is 3. The molecule has 0 amide bonds. The molecule has 0 saturated carbocycles. The van der Waals surface area contributed by atoms with E-state index in [9.17, 15) is 0 Å². The van der Waals surface area contributed by atoms with Crippen LogP contribution in [-0.4, -0.2) is 32.3 Å². The molecule has 0 nitrogen and oxygen atoms in total. The molecule has 1 radical (unpaired) electrons. The molecular formula is C6H21Si4. The van der Waals surface area contributed by atoms with Crippen LogP contribution in [0.15, 0.2) is 0 Å². The summed E-state index contributed by atoms with van der Waals surface area (Å²) in [4.78, 5) is 0. The summed E-state index contributed by atoms with van der Waals surface area (Å²) in [5.74, 6) is 0. The SMILES string of the molecule is C[SiH](C)[Si]([SiH](C)C)[SiH](C)C. The molecule has 0 heterocycles. The van der Waals surface area contributed by atoms with E-state index in [1.54, 1.807) is 0 Å². The van der Waals surface area contributed by atoms with E-state index in [1.165, 1.54) is 0 Å². The second kappa shape index (κ2) is 4.69. The first-order chi connectivity index (χ1) is 4.46. The van der Waals surface area contributed by atoms with Crippen LogP contribution in [0.2, 0.25) is 39.3 Å². The van der Waals surface area contributed by atoms with E-state index in [0.29, 0.717) is 7.35 Å². The first kappa shape index (κ1) is 10.9. The van der Waals surface area contributed by atoms with Crippen LogP contribution in [0, 0.1) is 0 Å². The van der Waals surface area contributed by atoms with E-state index < -0.39 is 0 Å². The zero-order valence-electron chi connectivity index (χ0n) is 8.23. The topological polar surface area (TPSA) is 0 Å². The molecule has 10 heavy (non-hydrogen) atoms. The quantitative estimate of drug-likeness (QED) is 0.607. The van der Waals surface area contributed by atoms with Crippen LogP contribution in [0.3, 0.4) is 0 Å². The van der Waals surface area contributed by atoms with Gasteiger partial charge in [-0.15, -0.1) is 0 Å². The van der Waals surface area contributed by atoms with E-state index >= 15 is 0 Å². The van der Waals surface area contributed by atoms with Crippen molar-refractivity contribution in [2.75, 3.05) is 0 Å². The molecule has 0 aliphatic rings. The summed E-state index contributed by atoms with van der Waals surface area (Å²) in [5.41, 5.74) is 0. The minimum absolute atomic E-state index is 0.176. The standard InChI is InChI=1S/C6H21Si4/c1-7(2)10(8(3)4)9(5)6/h7-9H,1-6H3. The van der Waals surface area contributed by atoms with E-state index in [1.807, 2.05) is 0 Å². The molecule has 0 fully saturated rings. The first-order valence-corrected chi connectivity index (χ1v) is 18.2. The van der Waals surface area contributed by atoms with Gasteiger partial charge in [0, 0.05) is 32.3 Å². The Bertz CT molecular complexity index is 70.7. The Labute approximate surface area is 71.8 Å². The summed E-state index contributed by atoms with van der Waals surface area (Å²) in [5, 5.41) is 0. The van der Waals surface area contributed by atoms with Crippen LogP contribution < -0.4 is 0 Å². The molecule has 0 aromatic carbocycles. The lowest BCUT2D eigenvalue weighted by atomic mass is 11.9. The van der Waals surface area contributed by atoms with E-state index in [2.05, 4.69) is 39.3 Å². The normalized spacial score (nSPS) is 12.6. The molecule has 0 bridgehead atoms. The van der Waals surface area contributed by atoms with Crippen LogP contribution >= 0.6 is 0 Å². The molecule has 0 saturated heterocycles. The number of hydrogen-bond acceptors (Lipinski definition) is 0. The maximum atomic E-state index is 2.58. The predicted octanol–water partition coefficient (Wildman–Crippen LogP) is 1.18. The Hall–Kier alpha value is 0.868. The fourth-order valence-corrected chi connectivity index (χ4v) is 54.0. The van der Waals surface area contributed by atoms with Crippen LogP contribution in [0.25, 0.3) is 0 Å². The van der Waals surface area contributed by atoms with Crippen molar-refractivity contribution in [1.82, 2.24) is 0 Å². The maximum Gasteiger partial charge on any atom is 0.0169 e. The molecule has 0 unspecified atom stereocenters. The van der Waals surface area contributed by atoms with Gasteiger partial charge < -0.3 is 0 Å². The third-order valence-electron chi connectivity index (χ3n) is 2.00. The molecule has 0 rings (SSSR count). The second-order valence-electron chi connectivity index (χ2n) is 3.96. The molecular weight excluding hydrogens is 184 g/mol. The molecule has 0 aromatic heterocycles. The van der Waals surface area contributed by atoms with Crippen molar-refractivity contribution in [3.8, 4) is 0 Å². The largest absolute Gasteiger partial charge is 0.0747 e. The second-order valence-corrected chi connectivity index (χ2v) is 34.3. The van der Waals surface area contributed by atoms with Crippen molar-refractivity contribution in [3.63, 3.8) is 0 Å². The minimum Gasteiger partial charge on any atom is -0.0747 e. The predicted molar refractivity (Wildman–Crippen MR) is 62.4 cm³/mol. The lowest BCUT2D eigenvalue weighted by molar-refractivity contribution is 2.02. The monoisotopic (exact) mass is 205 g/mol. The highest BCUT2D eigenvalue weighted by molar-refractivity contribution is 7.70. The summed E-state index contributed by atoms with van der Waals surface area (Å²) < 4.78 is 0. The molecule has 0 aromatic rings. The summed E-state index contributed by atoms with van der Waals surface area (Å²) in [6.45, 7) is 15.5. The van der Waals surface area contributed by atoms with Crippen molar-refractivity contribution in [2.24, 2.45) is 0 Å². The smallest absolute Gasteiger partial charge is 0.0169 e. The third-order valence-corrected chi connectivity index (χ3v) is 54.0. The van der Waals surface area contributed by atoms with Crippen molar-refractivity contribution in [3.05, 3.63) is 0 Å². The van der Waals surface area contributed by atoms with E-state index in [0.717, 1.165) is 0 Å². The van der Waals surface area contributed by atoms with Crippen molar-refractivity contribution >= 4 is 32.3 Å². The van der Waals surface area contributed by atoms with E-state index in [4.69, 9.17) is 0 Å². The van der Waals surface area contributed by atoms with Gasteiger partial charge >= 0.3 is 0 Å². The van der Waals surface area contributed by atoms with Crippen molar-refractivity contribution in [2.45, 2.75) is 39.3 Å². The fraction of sp³-hybridized carbons (Fsp3) is 1.00. The van der Waals surface area contributed by atoms with Gasteiger partial charge in [-0.2, -0.15) is 0 Å². The number of hydrogen-bond donors (Lipinski definition) is 0. The summed E-state index contributed by atoms with van der Waals surface area (Å²) in [7, 11) is -0.207. The first-order valence-electron chi connectivity index (χ1n) is 4.33. The summed E-state index contributed by atoms with van der Waals surface area (Å²) in [6.07, 6.45) is 0. The van der Waals surface area contributed by atoms with Crippen molar-refractivity contribution < 1.29 is 0 Å². The lowest BCUT2D eigenvalue weighted by Gasteiger charge is -2.24. The van der Waals surface area contributed by atoms with Crippen LogP contribution in [-0.2, 0) is 0 Å². The van der Waals surface area contributed by atoms with Gasteiger partial charge in [-0.05, 0) is 0 Å². The summed E-state index contributed by atoms with van der Waals surface area (Å²) >= 11 is 0. The fourth-order valence-electron chi connectivity index (χ4n) is 2.00. The molecule has 0 aliphatic carbocycles.